The lowest BCUT2D eigenvalue weighted by atomic mass is 9.77. The van der Waals surface area contributed by atoms with E-state index in [-0.39, 0.29) is 12.6 Å². The highest BCUT2D eigenvalue weighted by atomic mass is 16.7. The average molecular weight is 298 g/mol. The molecule has 0 bridgehead atoms. The van der Waals surface area contributed by atoms with E-state index in [1.165, 1.54) is 0 Å². The molecule has 112 valence electrons. The molecule has 2 aliphatic heterocycles. The Morgan fingerprint density at radius 2 is 1.59 bits per heavy atom. The number of ketones is 1. The Bertz CT molecular complexity index is 724. The van der Waals surface area contributed by atoms with Gasteiger partial charge in [0.25, 0.3) is 0 Å². The summed E-state index contributed by atoms with van der Waals surface area (Å²) in [7, 11) is 0. The summed E-state index contributed by atoms with van der Waals surface area (Å²) in [6.07, 6.45) is 8.27. The van der Waals surface area contributed by atoms with Crippen LogP contribution in [0.15, 0.2) is 36.4 Å². The summed E-state index contributed by atoms with van der Waals surface area (Å²) in [6, 6.07) is 3.72. The van der Waals surface area contributed by atoms with E-state index in [0.717, 1.165) is 5.56 Å². The van der Waals surface area contributed by atoms with Crippen molar-refractivity contribution < 1.29 is 23.7 Å². The fourth-order valence-electron chi connectivity index (χ4n) is 3.59. The highest BCUT2D eigenvalue weighted by Gasteiger charge is 2.45. The van der Waals surface area contributed by atoms with Crippen LogP contribution in [0.1, 0.15) is 22.3 Å². The van der Waals surface area contributed by atoms with Crippen LogP contribution in [-0.2, 0) is 14.9 Å². The standard InChI is InChI=1S/C17H14O5/c18-13-9-16(1-3-17(4-2-16)21-5-6-22-17)12-8-15-14(7-11(12)13)19-10-20-15/h1-4,7-8H,5-6,9-10H2. The second kappa shape index (κ2) is 4.00. The Morgan fingerprint density at radius 1 is 0.909 bits per heavy atom. The van der Waals surface area contributed by atoms with Gasteiger partial charge < -0.3 is 18.9 Å². The number of hydrogen-bond donors (Lipinski definition) is 0. The maximum Gasteiger partial charge on any atom is 0.231 e. The van der Waals surface area contributed by atoms with Crippen LogP contribution in [0.2, 0.25) is 0 Å². The van der Waals surface area contributed by atoms with Gasteiger partial charge in [-0.1, -0.05) is 12.2 Å². The third-order valence-corrected chi connectivity index (χ3v) is 4.73. The molecule has 0 aromatic heterocycles. The highest BCUT2D eigenvalue weighted by Crippen LogP contribution is 2.49. The molecule has 0 atom stereocenters. The zero-order valence-electron chi connectivity index (χ0n) is 11.8. The maximum absolute atomic E-state index is 12.4. The first-order valence-corrected chi connectivity index (χ1v) is 7.36. The quantitative estimate of drug-likeness (QED) is 0.687. The maximum atomic E-state index is 12.4. The van der Waals surface area contributed by atoms with Crippen molar-refractivity contribution in [2.45, 2.75) is 17.6 Å². The van der Waals surface area contributed by atoms with Crippen LogP contribution in [0.25, 0.3) is 0 Å². The fraction of sp³-hybridized carbons (Fsp3) is 0.353. The largest absolute Gasteiger partial charge is 0.454 e. The Hall–Kier alpha value is -2.11. The van der Waals surface area contributed by atoms with Gasteiger partial charge in [0.1, 0.15) is 0 Å². The second-order valence-electron chi connectivity index (χ2n) is 5.98. The first-order chi connectivity index (χ1) is 10.7. The van der Waals surface area contributed by atoms with E-state index in [1.54, 1.807) is 6.07 Å². The molecule has 1 aromatic rings. The number of carbonyl (C=O) groups is 1. The Labute approximate surface area is 127 Å². The molecule has 5 nitrogen and oxygen atoms in total. The van der Waals surface area contributed by atoms with E-state index < -0.39 is 11.2 Å². The Kier molecular flexibility index (Phi) is 2.26. The molecular formula is C17H14O5. The predicted octanol–water partition coefficient (Wildman–Crippen LogP) is 2.11. The van der Waals surface area contributed by atoms with Gasteiger partial charge in [-0.15, -0.1) is 0 Å². The molecule has 2 aliphatic carbocycles. The first-order valence-electron chi connectivity index (χ1n) is 7.36. The van der Waals surface area contributed by atoms with E-state index in [0.29, 0.717) is 36.7 Å². The molecule has 0 unspecified atom stereocenters. The third-order valence-electron chi connectivity index (χ3n) is 4.73. The topological polar surface area (TPSA) is 54.0 Å². The van der Waals surface area contributed by atoms with E-state index in [2.05, 4.69) is 0 Å². The van der Waals surface area contributed by atoms with E-state index >= 15 is 0 Å². The number of benzene rings is 1. The zero-order chi connectivity index (χ0) is 14.8. The molecule has 1 fully saturated rings. The van der Waals surface area contributed by atoms with Crippen LogP contribution in [0.5, 0.6) is 11.5 Å². The number of rotatable bonds is 0. The summed E-state index contributed by atoms with van der Waals surface area (Å²) >= 11 is 0. The van der Waals surface area contributed by atoms with Gasteiger partial charge in [-0.25, -0.2) is 0 Å². The van der Waals surface area contributed by atoms with Gasteiger partial charge in [-0.05, 0) is 29.8 Å². The summed E-state index contributed by atoms with van der Waals surface area (Å²) in [4.78, 5) is 12.4. The normalized spacial score (nSPS) is 25.4. The summed E-state index contributed by atoms with van der Waals surface area (Å²) in [5, 5.41) is 0. The number of carbonyl (C=O) groups excluding carboxylic acids is 1. The minimum Gasteiger partial charge on any atom is -0.454 e. The molecule has 0 saturated carbocycles. The molecule has 5 heteroatoms. The molecule has 4 aliphatic rings. The lowest BCUT2D eigenvalue weighted by Crippen LogP contribution is -2.31. The molecule has 22 heavy (non-hydrogen) atoms. The van der Waals surface area contributed by atoms with Crippen LogP contribution in [-0.4, -0.2) is 31.6 Å². The summed E-state index contributed by atoms with van der Waals surface area (Å²) in [5.74, 6) is 0.704. The van der Waals surface area contributed by atoms with Gasteiger partial charge in [0.05, 0.1) is 13.2 Å². The van der Waals surface area contributed by atoms with Crippen molar-refractivity contribution in [3.05, 3.63) is 47.6 Å². The molecule has 0 radical (unpaired) electrons. The summed E-state index contributed by atoms with van der Waals surface area (Å²) < 4.78 is 22.1. The summed E-state index contributed by atoms with van der Waals surface area (Å²) in [6.45, 7) is 1.36. The SMILES string of the molecule is O=C1CC2(C=CC3(C=C2)OCCO3)c2cc3c(cc21)OCO3. The highest BCUT2D eigenvalue weighted by molar-refractivity contribution is 6.04. The fourth-order valence-corrected chi connectivity index (χ4v) is 3.59. The van der Waals surface area contributed by atoms with Gasteiger partial charge in [-0.2, -0.15) is 0 Å². The Morgan fingerprint density at radius 3 is 2.32 bits per heavy atom. The smallest absolute Gasteiger partial charge is 0.231 e. The van der Waals surface area contributed by atoms with Crippen molar-refractivity contribution in [2.24, 2.45) is 0 Å². The summed E-state index contributed by atoms with van der Waals surface area (Å²) in [5.41, 5.74) is 1.23. The van der Waals surface area contributed by atoms with E-state index in [1.807, 2.05) is 30.4 Å². The molecular weight excluding hydrogens is 284 g/mol. The molecule has 0 N–H and O–H groups in total. The van der Waals surface area contributed by atoms with E-state index in [4.69, 9.17) is 18.9 Å². The van der Waals surface area contributed by atoms with Crippen LogP contribution >= 0.6 is 0 Å². The van der Waals surface area contributed by atoms with Gasteiger partial charge in [-0.3, -0.25) is 4.79 Å². The minimum atomic E-state index is -0.757. The molecule has 5 rings (SSSR count). The lowest BCUT2D eigenvalue weighted by Gasteiger charge is -2.31. The van der Waals surface area contributed by atoms with Crippen molar-refractivity contribution in [1.29, 1.82) is 0 Å². The second-order valence-corrected chi connectivity index (χ2v) is 5.98. The minimum absolute atomic E-state index is 0.117. The van der Waals surface area contributed by atoms with Gasteiger partial charge in [0, 0.05) is 17.4 Å². The van der Waals surface area contributed by atoms with Crippen LogP contribution in [0.3, 0.4) is 0 Å². The number of allylic oxidation sites excluding steroid dienone is 2. The number of ether oxygens (including phenoxy) is 4. The monoisotopic (exact) mass is 298 g/mol. The van der Waals surface area contributed by atoms with Crippen molar-refractivity contribution in [2.75, 3.05) is 20.0 Å². The van der Waals surface area contributed by atoms with Crippen LogP contribution in [0.4, 0.5) is 0 Å². The van der Waals surface area contributed by atoms with Gasteiger partial charge in [0.2, 0.25) is 12.6 Å². The first kappa shape index (κ1) is 12.4. The number of fused-ring (bicyclic) bond motifs is 3. The third kappa shape index (κ3) is 1.52. The Balaban J connectivity index is 1.62. The molecule has 1 aromatic carbocycles. The van der Waals surface area contributed by atoms with Crippen molar-refractivity contribution in [1.82, 2.24) is 0 Å². The van der Waals surface area contributed by atoms with Crippen molar-refractivity contribution in [3.8, 4) is 11.5 Å². The van der Waals surface area contributed by atoms with Gasteiger partial charge in [0.15, 0.2) is 17.3 Å². The zero-order valence-corrected chi connectivity index (χ0v) is 11.8. The van der Waals surface area contributed by atoms with Crippen LogP contribution < -0.4 is 9.47 Å². The van der Waals surface area contributed by atoms with Crippen molar-refractivity contribution in [3.63, 3.8) is 0 Å². The van der Waals surface area contributed by atoms with Crippen molar-refractivity contribution >= 4 is 5.78 Å². The number of Topliss-reactive ketones (excluding diaryl/α,β-unsaturated/α-hetero) is 1. The lowest BCUT2D eigenvalue weighted by molar-refractivity contribution is -0.0763. The molecule has 0 amide bonds. The predicted molar refractivity (Wildman–Crippen MR) is 76.1 cm³/mol. The molecule has 1 saturated heterocycles. The van der Waals surface area contributed by atoms with E-state index in [9.17, 15) is 4.79 Å². The number of hydrogen-bond acceptors (Lipinski definition) is 5. The van der Waals surface area contributed by atoms with Crippen LogP contribution in [0, 0.1) is 0 Å². The average Bonchev–Trinajstić information content (AvgIpc) is 3.22. The molecule has 2 spiro atoms. The van der Waals surface area contributed by atoms with Gasteiger partial charge >= 0.3 is 0 Å². The molecule has 2 heterocycles.